The van der Waals surface area contributed by atoms with Crippen LogP contribution in [-0.2, 0) is 10.0 Å². The molecule has 4 nitrogen and oxygen atoms in total. The monoisotopic (exact) mass is 366 g/mol. The van der Waals surface area contributed by atoms with E-state index in [2.05, 4.69) is 35.0 Å². The quantitative estimate of drug-likeness (QED) is 0.837. The predicted octanol–water partition coefficient (Wildman–Crippen LogP) is 3.61. The summed E-state index contributed by atoms with van der Waals surface area (Å²) < 4.78 is 27.6. The first-order chi connectivity index (χ1) is 11.6. The zero-order valence-electron chi connectivity index (χ0n) is 14.1. The lowest BCUT2D eigenvalue weighted by Gasteiger charge is -2.34. The third kappa shape index (κ3) is 4.29. The van der Waals surface area contributed by atoms with Crippen molar-refractivity contribution in [2.45, 2.75) is 36.3 Å². The first-order valence-corrected chi connectivity index (χ1v) is 11.0. The Morgan fingerprint density at radius 2 is 2.17 bits per heavy atom. The molecule has 24 heavy (non-hydrogen) atoms. The average molecular weight is 367 g/mol. The van der Waals surface area contributed by atoms with Crippen LogP contribution in [-0.4, -0.2) is 33.5 Å². The minimum Gasteiger partial charge on any atom is -0.376 e. The van der Waals surface area contributed by atoms with E-state index in [1.807, 2.05) is 0 Å². The molecule has 0 unspecified atom stereocenters. The highest BCUT2D eigenvalue weighted by atomic mass is 32.2. The zero-order valence-corrected chi connectivity index (χ0v) is 15.8. The summed E-state index contributed by atoms with van der Waals surface area (Å²) in [6.07, 6.45) is 12.6. The van der Waals surface area contributed by atoms with Gasteiger partial charge in [-0.25, -0.2) is 13.1 Å². The lowest BCUT2D eigenvalue weighted by atomic mass is 9.73. The van der Waals surface area contributed by atoms with Crippen molar-refractivity contribution in [3.63, 3.8) is 0 Å². The van der Waals surface area contributed by atoms with E-state index < -0.39 is 10.0 Å². The van der Waals surface area contributed by atoms with Gasteiger partial charge in [0.1, 0.15) is 4.21 Å². The Labute approximate surface area is 149 Å². The molecule has 1 fully saturated rings. The summed E-state index contributed by atoms with van der Waals surface area (Å²) in [5.74, 6) is 1.12. The van der Waals surface area contributed by atoms with Gasteiger partial charge in [0.25, 0.3) is 0 Å². The van der Waals surface area contributed by atoms with Crippen LogP contribution in [0.5, 0.6) is 0 Å². The molecule has 0 saturated heterocycles. The molecule has 1 aliphatic heterocycles. The molecule has 0 spiro atoms. The van der Waals surface area contributed by atoms with Crippen molar-refractivity contribution < 1.29 is 8.42 Å². The lowest BCUT2D eigenvalue weighted by Crippen LogP contribution is -2.30. The van der Waals surface area contributed by atoms with Gasteiger partial charge >= 0.3 is 0 Å². The molecule has 2 aliphatic rings. The van der Waals surface area contributed by atoms with E-state index >= 15 is 0 Å². The van der Waals surface area contributed by atoms with Gasteiger partial charge in [-0.05, 0) is 48.1 Å². The Morgan fingerprint density at radius 1 is 1.33 bits per heavy atom. The van der Waals surface area contributed by atoms with Gasteiger partial charge in [-0.15, -0.1) is 11.3 Å². The number of sulfonamides is 1. The van der Waals surface area contributed by atoms with Crippen molar-refractivity contribution >= 4 is 21.4 Å². The SMILES string of the molecule is CN1C=C([C@@H]2CCCC[C@H]2CCNS(=O)(=O)c2cccs2)C=CC1. The summed E-state index contributed by atoms with van der Waals surface area (Å²) in [4.78, 5) is 2.22. The van der Waals surface area contributed by atoms with Crippen LogP contribution in [0.1, 0.15) is 32.1 Å². The summed E-state index contributed by atoms with van der Waals surface area (Å²) in [6, 6.07) is 3.43. The molecule has 2 heterocycles. The highest BCUT2D eigenvalue weighted by Crippen LogP contribution is 2.38. The van der Waals surface area contributed by atoms with Gasteiger partial charge in [0, 0.05) is 26.3 Å². The van der Waals surface area contributed by atoms with Gasteiger partial charge in [-0.2, -0.15) is 0 Å². The Bertz CT molecular complexity index is 693. The van der Waals surface area contributed by atoms with Crippen LogP contribution in [0, 0.1) is 11.8 Å². The zero-order chi connectivity index (χ0) is 17.0. The van der Waals surface area contributed by atoms with Crippen molar-refractivity contribution in [3.8, 4) is 0 Å². The first kappa shape index (κ1) is 17.7. The van der Waals surface area contributed by atoms with E-state index in [1.165, 1.54) is 42.6 Å². The molecule has 6 heteroatoms. The van der Waals surface area contributed by atoms with E-state index in [0.29, 0.717) is 22.6 Å². The second-order valence-electron chi connectivity index (χ2n) is 6.74. The smallest absolute Gasteiger partial charge is 0.250 e. The fourth-order valence-corrected chi connectivity index (χ4v) is 5.87. The molecule has 1 aliphatic carbocycles. The predicted molar refractivity (Wildman–Crippen MR) is 99.4 cm³/mol. The molecule has 1 aromatic rings. The van der Waals surface area contributed by atoms with Crippen molar-refractivity contribution in [2.75, 3.05) is 20.1 Å². The van der Waals surface area contributed by atoms with Gasteiger partial charge in [-0.1, -0.05) is 31.1 Å². The largest absolute Gasteiger partial charge is 0.376 e. The minimum atomic E-state index is -3.34. The number of nitrogens with zero attached hydrogens (tertiary/aromatic N) is 1. The van der Waals surface area contributed by atoms with Crippen LogP contribution in [0.25, 0.3) is 0 Å². The topological polar surface area (TPSA) is 49.4 Å². The number of hydrogen-bond acceptors (Lipinski definition) is 4. The minimum absolute atomic E-state index is 0.405. The van der Waals surface area contributed by atoms with Crippen molar-refractivity contribution in [3.05, 3.63) is 41.4 Å². The molecule has 0 amide bonds. The fraction of sp³-hybridized carbons (Fsp3) is 0.556. The van der Waals surface area contributed by atoms with Crippen LogP contribution in [0.2, 0.25) is 0 Å². The molecule has 2 atom stereocenters. The molecule has 1 saturated carbocycles. The van der Waals surface area contributed by atoms with E-state index in [1.54, 1.807) is 17.5 Å². The summed E-state index contributed by atoms with van der Waals surface area (Å²) in [5, 5.41) is 1.80. The van der Waals surface area contributed by atoms with Crippen LogP contribution in [0.15, 0.2) is 45.6 Å². The maximum Gasteiger partial charge on any atom is 0.250 e. The van der Waals surface area contributed by atoms with Crippen LogP contribution >= 0.6 is 11.3 Å². The van der Waals surface area contributed by atoms with Crippen molar-refractivity contribution in [2.24, 2.45) is 11.8 Å². The number of likely N-dealkylation sites (N-methyl/N-ethyl adjacent to an activating group) is 1. The van der Waals surface area contributed by atoms with E-state index in [0.717, 1.165) is 13.0 Å². The average Bonchev–Trinajstić information content (AvgIpc) is 3.11. The van der Waals surface area contributed by atoms with Crippen molar-refractivity contribution in [1.29, 1.82) is 0 Å². The molecular formula is C18H26N2O2S2. The van der Waals surface area contributed by atoms with E-state index in [9.17, 15) is 8.42 Å². The molecule has 1 aromatic heterocycles. The number of allylic oxidation sites excluding steroid dienone is 2. The number of thiophene rings is 1. The number of nitrogens with one attached hydrogen (secondary N) is 1. The van der Waals surface area contributed by atoms with Crippen LogP contribution < -0.4 is 4.72 Å². The molecular weight excluding hydrogens is 340 g/mol. The molecule has 3 rings (SSSR count). The normalized spacial score (nSPS) is 24.9. The van der Waals surface area contributed by atoms with Gasteiger partial charge in [0.2, 0.25) is 10.0 Å². The van der Waals surface area contributed by atoms with Gasteiger partial charge in [0.15, 0.2) is 0 Å². The summed E-state index contributed by atoms with van der Waals surface area (Å²) in [5.41, 5.74) is 1.41. The standard InChI is InChI=1S/C18H26N2O2S2/c1-20-12-4-7-16(14-20)17-8-3-2-6-15(17)10-11-19-24(21,22)18-9-5-13-23-18/h4-5,7,9,13-15,17,19H,2-3,6,8,10-12H2,1H3/t15-,17+/m0/s1. The highest BCUT2D eigenvalue weighted by molar-refractivity contribution is 7.91. The summed E-state index contributed by atoms with van der Waals surface area (Å²) in [6.45, 7) is 1.50. The van der Waals surface area contributed by atoms with Crippen molar-refractivity contribution in [1.82, 2.24) is 9.62 Å². The second kappa shape index (κ2) is 7.85. The Hall–Kier alpha value is -1.11. The first-order valence-electron chi connectivity index (χ1n) is 8.68. The van der Waals surface area contributed by atoms with Gasteiger partial charge in [-0.3, -0.25) is 0 Å². The molecule has 0 aromatic carbocycles. The van der Waals surface area contributed by atoms with Gasteiger partial charge in [0.05, 0.1) is 0 Å². The molecule has 0 radical (unpaired) electrons. The fourth-order valence-electron chi connectivity index (χ4n) is 3.78. The lowest BCUT2D eigenvalue weighted by molar-refractivity contribution is 0.257. The highest BCUT2D eigenvalue weighted by Gasteiger charge is 2.28. The third-order valence-corrected chi connectivity index (χ3v) is 7.84. The van der Waals surface area contributed by atoms with Gasteiger partial charge < -0.3 is 4.90 Å². The van der Waals surface area contributed by atoms with Crippen LogP contribution in [0.4, 0.5) is 0 Å². The molecule has 0 bridgehead atoms. The van der Waals surface area contributed by atoms with Crippen LogP contribution in [0.3, 0.4) is 0 Å². The summed E-state index contributed by atoms with van der Waals surface area (Å²) in [7, 11) is -1.23. The number of hydrogen-bond donors (Lipinski definition) is 1. The third-order valence-electron chi connectivity index (χ3n) is 4.98. The maximum absolute atomic E-state index is 12.2. The Kier molecular flexibility index (Phi) is 5.79. The Balaban J connectivity index is 1.60. The second-order valence-corrected chi connectivity index (χ2v) is 9.68. The Morgan fingerprint density at radius 3 is 2.92 bits per heavy atom. The summed E-state index contributed by atoms with van der Waals surface area (Å²) >= 11 is 1.27. The number of rotatable bonds is 6. The van der Waals surface area contributed by atoms with E-state index in [4.69, 9.17) is 0 Å². The molecule has 1 N–H and O–H groups in total. The molecule has 132 valence electrons. The maximum atomic E-state index is 12.2. The van der Waals surface area contributed by atoms with E-state index in [-0.39, 0.29) is 0 Å².